The standard InChI is InChI=1S/C16H28N2O2/c1-4-12-5-7-13(8-6-12)11-18-10-9-14(19)17-16(2,3)15(18)20/h12-13H,4-11H2,1-3H3,(H,17,19). The summed E-state index contributed by atoms with van der Waals surface area (Å²) in [5.41, 5.74) is -0.756. The van der Waals surface area contributed by atoms with Crippen LogP contribution in [0.25, 0.3) is 0 Å². The lowest BCUT2D eigenvalue weighted by Crippen LogP contribution is -2.53. The second-order valence-corrected chi connectivity index (χ2v) is 6.97. The number of hydrogen-bond donors (Lipinski definition) is 1. The molecule has 1 saturated heterocycles. The predicted octanol–water partition coefficient (Wildman–Crippen LogP) is 2.33. The Bertz CT molecular complexity index is 371. The second-order valence-electron chi connectivity index (χ2n) is 6.97. The molecule has 4 nitrogen and oxygen atoms in total. The molecule has 1 saturated carbocycles. The van der Waals surface area contributed by atoms with Crippen LogP contribution in [0.4, 0.5) is 0 Å². The van der Waals surface area contributed by atoms with Crippen molar-refractivity contribution in [3.8, 4) is 0 Å². The molecular formula is C16H28N2O2. The Morgan fingerprint density at radius 3 is 2.35 bits per heavy atom. The Kier molecular flexibility index (Phi) is 4.71. The average Bonchev–Trinajstić information content (AvgIpc) is 2.51. The number of nitrogens with zero attached hydrogens (tertiary/aromatic N) is 1. The molecule has 2 amide bonds. The van der Waals surface area contributed by atoms with E-state index in [1.165, 1.54) is 32.1 Å². The molecule has 0 radical (unpaired) electrons. The average molecular weight is 280 g/mol. The van der Waals surface area contributed by atoms with Crippen LogP contribution in [0.5, 0.6) is 0 Å². The molecule has 114 valence electrons. The summed E-state index contributed by atoms with van der Waals surface area (Å²) in [6.07, 6.45) is 6.75. The van der Waals surface area contributed by atoms with Crippen molar-refractivity contribution in [2.75, 3.05) is 13.1 Å². The van der Waals surface area contributed by atoms with Gasteiger partial charge in [-0.3, -0.25) is 9.59 Å². The van der Waals surface area contributed by atoms with Crippen LogP contribution in [0.1, 0.15) is 59.3 Å². The zero-order valence-corrected chi connectivity index (χ0v) is 13.1. The smallest absolute Gasteiger partial charge is 0.247 e. The molecule has 20 heavy (non-hydrogen) atoms. The van der Waals surface area contributed by atoms with Crippen molar-refractivity contribution >= 4 is 11.8 Å². The molecule has 2 aliphatic rings. The molecule has 1 N–H and O–H groups in total. The molecule has 1 aliphatic carbocycles. The first-order valence-electron chi connectivity index (χ1n) is 8.02. The van der Waals surface area contributed by atoms with Crippen LogP contribution in [0, 0.1) is 11.8 Å². The third-order valence-corrected chi connectivity index (χ3v) is 4.90. The van der Waals surface area contributed by atoms with Crippen molar-refractivity contribution in [1.29, 1.82) is 0 Å². The highest BCUT2D eigenvalue weighted by molar-refractivity contribution is 5.92. The van der Waals surface area contributed by atoms with Crippen molar-refractivity contribution in [1.82, 2.24) is 10.2 Å². The topological polar surface area (TPSA) is 49.4 Å². The van der Waals surface area contributed by atoms with Crippen molar-refractivity contribution in [2.24, 2.45) is 11.8 Å². The van der Waals surface area contributed by atoms with E-state index in [0.29, 0.717) is 18.9 Å². The van der Waals surface area contributed by atoms with Gasteiger partial charge in [0.1, 0.15) is 5.54 Å². The van der Waals surface area contributed by atoms with Gasteiger partial charge < -0.3 is 10.2 Å². The largest absolute Gasteiger partial charge is 0.342 e. The van der Waals surface area contributed by atoms with Gasteiger partial charge >= 0.3 is 0 Å². The molecule has 2 fully saturated rings. The van der Waals surface area contributed by atoms with E-state index >= 15 is 0 Å². The zero-order valence-electron chi connectivity index (χ0n) is 13.1. The lowest BCUT2D eigenvalue weighted by atomic mass is 9.80. The minimum atomic E-state index is -0.756. The Morgan fingerprint density at radius 2 is 1.75 bits per heavy atom. The molecule has 1 heterocycles. The van der Waals surface area contributed by atoms with Gasteiger partial charge in [0.05, 0.1) is 0 Å². The molecule has 0 aromatic rings. The van der Waals surface area contributed by atoms with Crippen LogP contribution in [0.3, 0.4) is 0 Å². The summed E-state index contributed by atoms with van der Waals surface area (Å²) >= 11 is 0. The van der Waals surface area contributed by atoms with Gasteiger partial charge in [-0.05, 0) is 38.5 Å². The number of nitrogens with one attached hydrogen (secondary N) is 1. The summed E-state index contributed by atoms with van der Waals surface area (Å²) in [5, 5.41) is 2.82. The maximum atomic E-state index is 12.5. The van der Waals surface area contributed by atoms with Crippen molar-refractivity contribution < 1.29 is 9.59 Å². The molecule has 0 atom stereocenters. The minimum Gasteiger partial charge on any atom is -0.342 e. The van der Waals surface area contributed by atoms with Crippen LogP contribution in [-0.2, 0) is 9.59 Å². The van der Waals surface area contributed by atoms with E-state index in [1.807, 2.05) is 4.90 Å². The first-order chi connectivity index (χ1) is 9.42. The molecular weight excluding hydrogens is 252 g/mol. The van der Waals surface area contributed by atoms with E-state index in [4.69, 9.17) is 0 Å². The van der Waals surface area contributed by atoms with E-state index < -0.39 is 5.54 Å². The van der Waals surface area contributed by atoms with Crippen LogP contribution in [0.15, 0.2) is 0 Å². The molecule has 0 aromatic heterocycles. The van der Waals surface area contributed by atoms with E-state index in [1.54, 1.807) is 13.8 Å². The highest BCUT2D eigenvalue weighted by Gasteiger charge is 2.37. The third-order valence-electron chi connectivity index (χ3n) is 4.90. The van der Waals surface area contributed by atoms with E-state index in [-0.39, 0.29) is 11.8 Å². The maximum Gasteiger partial charge on any atom is 0.247 e. The Morgan fingerprint density at radius 1 is 1.15 bits per heavy atom. The lowest BCUT2D eigenvalue weighted by Gasteiger charge is -2.34. The summed E-state index contributed by atoms with van der Waals surface area (Å²) in [7, 11) is 0. The highest BCUT2D eigenvalue weighted by Crippen LogP contribution is 2.31. The summed E-state index contributed by atoms with van der Waals surface area (Å²) in [6, 6.07) is 0. The quantitative estimate of drug-likeness (QED) is 0.862. The van der Waals surface area contributed by atoms with Crippen molar-refractivity contribution in [3.05, 3.63) is 0 Å². The molecule has 0 unspecified atom stereocenters. The summed E-state index contributed by atoms with van der Waals surface area (Å²) < 4.78 is 0. The monoisotopic (exact) mass is 280 g/mol. The van der Waals surface area contributed by atoms with E-state index in [2.05, 4.69) is 12.2 Å². The number of carbonyl (C=O) groups excluding carboxylic acids is 2. The molecule has 0 aromatic carbocycles. The van der Waals surface area contributed by atoms with Gasteiger partial charge in [-0.25, -0.2) is 0 Å². The Hall–Kier alpha value is -1.06. The number of amides is 2. The fraction of sp³-hybridized carbons (Fsp3) is 0.875. The van der Waals surface area contributed by atoms with Crippen LogP contribution >= 0.6 is 0 Å². The number of rotatable bonds is 3. The van der Waals surface area contributed by atoms with Gasteiger partial charge in [-0.2, -0.15) is 0 Å². The van der Waals surface area contributed by atoms with E-state index in [0.717, 1.165) is 12.5 Å². The molecule has 4 heteroatoms. The fourth-order valence-corrected chi connectivity index (χ4v) is 3.51. The van der Waals surface area contributed by atoms with Crippen LogP contribution in [0.2, 0.25) is 0 Å². The number of carbonyl (C=O) groups is 2. The molecule has 0 bridgehead atoms. The first kappa shape index (κ1) is 15.3. The SMILES string of the molecule is CCC1CCC(CN2CCC(=O)NC(C)(C)C2=O)CC1. The Labute approximate surface area is 122 Å². The van der Waals surface area contributed by atoms with Gasteiger partial charge in [0.25, 0.3) is 0 Å². The normalized spacial score (nSPS) is 30.9. The fourth-order valence-electron chi connectivity index (χ4n) is 3.51. The predicted molar refractivity (Wildman–Crippen MR) is 79.2 cm³/mol. The lowest BCUT2D eigenvalue weighted by molar-refractivity contribution is -0.138. The molecule has 1 aliphatic heterocycles. The minimum absolute atomic E-state index is 0.0134. The van der Waals surface area contributed by atoms with Crippen molar-refractivity contribution in [3.63, 3.8) is 0 Å². The van der Waals surface area contributed by atoms with Gasteiger partial charge in [0.15, 0.2) is 0 Å². The maximum absolute atomic E-state index is 12.5. The zero-order chi connectivity index (χ0) is 14.8. The van der Waals surface area contributed by atoms with Crippen molar-refractivity contribution in [2.45, 2.75) is 64.8 Å². The third kappa shape index (κ3) is 3.53. The summed E-state index contributed by atoms with van der Waals surface area (Å²) in [4.78, 5) is 26.1. The van der Waals surface area contributed by atoms with Gasteiger partial charge in [0.2, 0.25) is 11.8 Å². The summed E-state index contributed by atoms with van der Waals surface area (Å²) in [5.74, 6) is 1.55. The van der Waals surface area contributed by atoms with Crippen LogP contribution < -0.4 is 5.32 Å². The highest BCUT2D eigenvalue weighted by atomic mass is 16.2. The van der Waals surface area contributed by atoms with E-state index in [9.17, 15) is 9.59 Å². The Balaban J connectivity index is 1.94. The second kappa shape index (κ2) is 6.15. The van der Waals surface area contributed by atoms with Gasteiger partial charge in [-0.1, -0.05) is 26.2 Å². The van der Waals surface area contributed by atoms with Crippen LogP contribution in [-0.4, -0.2) is 35.3 Å². The summed E-state index contributed by atoms with van der Waals surface area (Å²) in [6.45, 7) is 7.28. The first-order valence-corrected chi connectivity index (χ1v) is 8.02. The molecule has 0 spiro atoms. The van der Waals surface area contributed by atoms with Gasteiger partial charge in [-0.15, -0.1) is 0 Å². The molecule has 2 rings (SSSR count). The van der Waals surface area contributed by atoms with Gasteiger partial charge in [0, 0.05) is 19.5 Å². The number of hydrogen-bond acceptors (Lipinski definition) is 2.